The molecule has 1 saturated heterocycles. The van der Waals surface area contributed by atoms with Crippen molar-refractivity contribution in [1.29, 1.82) is 0 Å². The molecule has 0 amide bonds. The van der Waals surface area contributed by atoms with E-state index in [0.717, 1.165) is 12.2 Å². The number of hydrogen-bond donors (Lipinski definition) is 2. The number of likely N-dealkylation sites (tertiary alicyclic amines) is 1. The van der Waals surface area contributed by atoms with E-state index in [-0.39, 0.29) is 0 Å². The van der Waals surface area contributed by atoms with Crippen molar-refractivity contribution in [1.82, 2.24) is 10.2 Å². The summed E-state index contributed by atoms with van der Waals surface area (Å²) in [7, 11) is 2.19. The molecule has 3 unspecified atom stereocenters. The Morgan fingerprint density at radius 1 is 1.56 bits per heavy atom. The molecule has 0 bridgehead atoms. The lowest BCUT2D eigenvalue weighted by molar-refractivity contribution is 0.162. The molecule has 1 aliphatic rings. The maximum absolute atomic E-state index is 9.04. The number of hydrogen-bond acceptors (Lipinski definition) is 4. The van der Waals surface area contributed by atoms with Gasteiger partial charge in [0.2, 0.25) is 0 Å². The predicted molar refractivity (Wildman–Crippen MR) is 72.1 cm³/mol. The minimum absolute atomic E-state index is 0.291. The van der Waals surface area contributed by atoms with E-state index in [1.54, 1.807) is 0 Å². The summed E-state index contributed by atoms with van der Waals surface area (Å²) in [5, 5.41) is 12.8. The fourth-order valence-electron chi connectivity index (χ4n) is 2.48. The Balaban J connectivity index is 2.37. The molecule has 3 atom stereocenters. The molecule has 1 rings (SSSR count). The van der Waals surface area contributed by atoms with Crippen LogP contribution >= 0.6 is 11.8 Å². The van der Waals surface area contributed by atoms with E-state index in [4.69, 9.17) is 5.11 Å². The molecule has 16 heavy (non-hydrogen) atoms. The average Bonchev–Trinajstić information content (AvgIpc) is 2.23. The molecule has 4 heteroatoms. The van der Waals surface area contributed by atoms with Gasteiger partial charge in [0, 0.05) is 31.0 Å². The summed E-state index contributed by atoms with van der Waals surface area (Å²) in [4.78, 5) is 2.40. The van der Waals surface area contributed by atoms with Gasteiger partial charge in [0.15, 0.2) is 0 Å². The topological polar surface area (TPSA) is 35.5 Å². The average molecular weight is 246 g/mol. The maximum Gasteiger partial charge on any atom is 0.0446 e. The Kier molecular flexibility index (Phi) is 6.73. The van der Waals surface area contributed by atoms with Crippen molar-refractivity contribution in [2.24, 2.45) is 5.92 Å². The van der Waals surface area contributed by atoms with Crippen molar-refractivity contribution in [3.63, 3.8) is 0 Å². The largest absolute Gasteiger partial charge is 0.396 e. The monoisotopic (exact) mass is 246 g/mol. The zero-order chi connectivity index (χ0) is 12.0. The molecule has 1 fully saturated rings. The molecule has 3 nitrogen and oxygen atoms in total. The first-order valence-corrected chi connectivity index (χ1v) is 7.61. The van der Waals surface area contributed by atoms with Gasteiger partial charge in [-0.1, -0.05) is 6.92 Å². The van der Waals surface area contributed by atoms with Gasteiger partial charge in [-0.15, -0.1) is 0 Å². The first kappa shape index (κ1) is 14.3. The minimum atomic E-state index is 0.291. The second kappa shape index (κ2) is 7.54. The lowest BCUT2D eigenvalue weighted by Gasteiger charge is -2.37. The third kappa shape index (κ3) is 4.62. The van der Waals surface area contributed by atoms with Crippen molar-refractivity contribution in [3.8, 4) is 0 Å². The van der Waals surface area contributed by atoms with E-state index in [1.807, 2.05) is 11.8 Å². The highest BCUT2D eigenvalue weighted by Crippen LogP contribution is 2.17. The zero-order valence-corrected chi connectivity index (χ0v) is 11.6. The molecule has 0 saturated carbocycles. The van der Waals surface area contributed by atoms with Crippen LogP contribution in [-0.4, -0.2) is 60.8 Å². The van der Waals surface area contributed by atoms with Gasteiger partial charge in [-0.2, -0.15) is 11.8 Å². The fraction of sp³-hybridized carbons (Fsp3) is 1.00. The first-order valence-electron chi connectivity index (χ1n) is 6.21. The molecule has 0 spiro atoms. The summed E-state index contributed by atoms with van der Waals surface area (Å²) in [5.74, 6) is 1.81. The van der Waals surface area contributed by atoms with Crippen LogP contribution in [0.25, 0.3) is 0 Å². The highest BCUT2D eigenvalue weighted by atomic mass is 32.2. The molecule has 0 aromatic heterocycles. The van der Waals surface area contributed by atoms with Crippen LogP contribution in [0.3, 0.4) is 0 Å². The van der Waals surface area contributed by atoms with E-state index >= 15 is 0 Å². The number of nitrogens with one attached hydrogen (secondary N) is 1. The Hall–Kier alpha value is 0.230. The van der Waals surface area contributed by atoms with Crippen LogP contribution in [0.5, 0.6) is 0 Å². The van der Waals surface area contributed by atoms with Crippen LogP contribution in [0.15, 0.2) is 0 Å². The summed E-state index contributed by atoms with van der Waals surface area (Å²) in [6, 6.07) is 1.09. The summed E-state index contributed by atoms with van der Waals surface area (Å²) in [5.41, 5.74) is 0. The quantitative estimate of drug-likeness (QED) is 0.734. The molecule has 2 N–H and O–H groups in total. The van der Waals surface area contributed by atoms with Crippen molar-refractivity contribution in [2.75, 3.05) is 38.8 Å². The lowest BCUT2D eigenvalue weighted by atomic mass is 9.93. The minimum Gasteiger partial charge on any atom is -0.396 e. The number of rotatable bonds is 6. The van der Waals surface area contributed by atoms with Crippen molar-refractivity contribution < 1.29 is 5.11 Å². The van der Waals surface area contributed by atoms with E-state index in [1.165, 1.54) is 19.5 Å². The molecule has 0 radical (unpaired) electrons. The number of nitrogens with zero attached hydrogens (tertiary/aromatic N) is 1. The SMILES string of the molecule is CSCC(CCO)NC1CCN(C)CC1C. The zero-order valence-electron chi connectivity index (χ0n) is 10.8. The van der Waals surface area contributed by atoms with Crippen LogP contribution in [0.2, 0.25) is 0 Å². The molecular formula is C12H26N2OS. The lowest BCUT2D eigenvalue weighted by Crippen LogP contribution is -2.51. The predicted octanol–water partition coefficient (Wildman–Crippen LogP) is 1.03. The third-order valence-electron chi connectivity index (χ3n) is 3.40. The Morgan fingerprint density at radius 2 is 2.31 bits per heavy atom. The second-order valence-electron chi connectivity index (χ2n) is 4.97. The van der Waals surface area contributed by atoms with Crippen LogP contribution in [-0.2, 0) is 0 Å². The van der Waals surface area contributed by atoms with E-state index < -0.39 is 0 Å². The smallest absolute Gasteiger partial charge is 0.0446 e. The molecule has 1 aliphatic heterocycles. The van der Waals surface area contributed by atoms with Crippen molar-refractivity contribution >= 4 is 11.8 Å². The molecule has 0 aromatic rings. The standard InChI is InChI=1S/C12H26N2OS/c1-10-8-14(2)6-4-12(10)13-11(5-7-15)9-16-3/h10-13,15H,4-9H2,1-3H3. The normalized spacial score (nSPS) is 29.2. The van der Waals surface area contributed by atoms with Crippen molar-refractivity contribution in [3.05, 3.63) is 0 Å². The van der Waals surface area contributed by atoms with Gasteiger partial charge in [-0.3, -0.25) is 0 Å². The number of thioether (sulfide) groups is 1. The Bertz CT molecular complexity index is 186. The summed E-state index contributed by atoms with van der Waals surface area (Å²) >= 11 is 1.86. The molecule has 0 aliphatic carbocycles. The summed E-state index contributed by atoms with van der Waals surface area (Å²) < 4.78 is 0. The second-order valence-corrected chi connectivity index (χ2v) is 5.88. The van der Waals surface area contributed by atoms with E-state index in [9.17, 15) is 0 Å². The van der Waals surface area contributed by atoms with Crippen molar-refractivity contribution in [2.45, 2.75) is 31.8 Å². The first-order chi connectivity index (χ1) is 7.67. The molecule has 1 heterocycles. The van der Waals surface area contributed by atoms with E-state index in [0.29, 0.717) is 24.6 Å². The van der Waals surface area contributed by atoms with E-state index in [2.05, 4.69) is 30.4 Å². The third-order valence-corrected chi connectivity index (χ3v) is 4.14. The Morgan fingerprint density at radius 3 is 2.88 bits per heavy atom. The van der Waals surface area contributed by atoms with Gasteiger partial charge in [-0.25, -0.2) is 0 Å². The maximum atomic E-state index is 9.04. The van der Waals surface area contributed by atoms with Gasteiger partial charge < -0.3 is 15.3 Å². The Labute approximate surface area is 104 Å². The van der Waals surface area contributed by atoms with Gasteiger partial charge in [0.25, 0.3) is 0 Å². The summed E-state index contributed by atoms with van der Waals surface area (Å²) in [6.07, 6.45) is 4.23. The number of piperidine rings is 1. The van der Waals surface area contributed by atoms with Gasteiger partial charge >= 0.3 is 0 Å². The van der Waals surface area contributed by atoms with Crippen LogP contribution in [0.1, 0.15) is 19.8 Å². The van der Waals surface area contributed by atoms with Gasteiger partial charge in [-0.05, 0) is 38.6 Å². The highest BCUT2D eigenvalue weighted by Gasteiger charge is 2.25. The van der Waals surface area contributed by atoms with Crippen LogP contribution in [0.4, 0.5) is 0 Å². The fourth-order valence-corrected chi connectivity index (χ4v) is 3.14. The number of aliphatic hydroxyl groups is 1. The van der Waals surface area contributed by atoms with Gasteiger partial charge in [0.05, 0.1) is 0 Å². The number of aliphatic hydroxyl groups excluding tert-OH is 1. The highest BCUT2D eigenvalue weighted by molar-refractivity contribution is 7.98. The van der Waals surface area contributed by atoms with Crippen LogP contribution in [0, 0.1) is 5.92 Å². The van der Waals surface area contributed by atoms with Gasteiger partial charge in [0.1, 0.15) is 0 Å². The molecule has 96 valence electrons. The summed E-state index contributed by atoms with van der Waals surface area (Å²) in [6.45, 7) is 4.98. The molecule has 0 aromatic carbocycles. The molecular weight excluding hydrogens is 220 g/mol. The van der Waals surface area contributed by atoms with Crippen LogP contribution < -0.4 is 5.32 Å².